The van der Waals surface area contributed by atoms with Crippen molar-refractivity contribution in [3.8, 4) is 17.2 Å². The van der Waals surface area contributed by atoms with Crippen molar-refractivity contribution in [3.63, 3.8) is 0 Å². The van der Waals surface area contributed by atoms with Gasteiger partial charge in [-0.05, 0) is 72.8 Å². The van der Waals surface area contributed by atoms with Gasteiger partial charge in [0, 0.05) is 10.0 Å². The number of benzene rings is 4. The van der Waals surface area contributed by atoms with Crippen LogP contribution in [-0.2, 0) is 9.68 Å². The SMILES string of the molecule is O=CO[O-].O=Cc1ccccc1F.O=Cc1ccccc1Oc1ccc(Cl)cc1.Oc1ccc(Cl)cc1.[H-].[K+].[K+]. The van der Waals surface area contributed by atoms with Crippen LogP contribution >= 0.6 is 23.2 Å². The van der Waals surface area contributed by atoms with Gasteiger partial charge < -0.3 is 21.4 Å². The second-order valence-electron chi connectivity index (χ2n) is 6.52. The molecule has 0 aliphatic heterocycles. The maximum absolute atomic E-state index is 12.4. The Morgan fingerprint density at radius 1 is 0.718 bits per heavy atom. The average Bonchev–Trinajstić information content (AvgIpc) is 2.93. The van der Waals surface area contributed by atoms with Gasteiger partial charge in [0.05, 0.1) is 11.1 Å². The average molecular weight is 626 g/mol. The van der Waals surface area contributed by atoms with Crippen LogP contribution in [0.3, 0.4) is 0 Å². The maximum Gasteiger partial charge on any atom is 1.00 e. The Kier molecular flexibility index (Phi) is 25.5. The van der Waals surface area contributed by atoms with Gasteiger partial charge in [0.15, 0.2) is 12.6 Å². The Morgan fingerprint density at radius 2 is 1.15 bits per heavy atom. The van der Waals surface area contributed by atoms with Crippen LogP contribution in [0, 0.1) is 5.82 Å². The molecule has 0 atom stereocenters. The number of phenolic OH excluding ortho intramolecular Hbond substituents is 1. The molecule has 39 heavy (non-hydrogen) atoms. The van der Waals surface area contributed by atoms with Crippen LogP contribution in [-0.4, -0.2) is 24.2 Å². The molecule has 0 fully saturated rings. The zero-order chi connectivity index (χ0) is 27.5. The number of halogens is 3. The van der Waals surface area contributed by atoms with Crippen molar-refractivity contribution in [2.24, 2.45) is 0 Å². The van der Waals surface area contributed by atoms with Crippen LogP contribution in [0.25, 0.3) is 0 Å². The van der Waals surface area contributed by atoms with Crippen molar-refractivity contribution >= 4 is 42.2 Å². The van der Waals surface area contributed by atoms with E-state index in [1.807, 2.05) is 6.07 Å². The predicted octanol–water partition coefficient (Wildman–Crippen LogP) is 0.184. The first kappa shape index (κ1) is 40.2. The van der Waals surface area contributed by atoms with Crippen LogP contribution in [0.2, 0.25) is 10.0 Å². The summed E-state index contributed by atoms with van der Waals surface area (Å²) in [6.07, 6.45) is 1.26. The Hall–Kier alpha value is -0.967. The number of hydrogen-bond acceptors (Lipinski definition) is 7. The van der Waals surface area contributed by atoms with Crippen LogP contribution in [0.15, 0.2) is 97.1 Å². The number of ether oxygens (including phenoxy) is 1. The van der Waals surface area contributed by atoms with Crippen molar-refractivity contribution in [1.29, 1.82) is 0 Å². The number of para-hydroxylation sites is 1. The van der Waals surface area contributed by atoms with E-state index in [2.05, 4.69) is 4.89 Å². The normalized spacial score (nSPS) is 8.51. The molecule has 4 aromatic rings. The topological polar surface area (TPSA) is 113 Å². The second kappa shape index (κ2) is 24.8. The van der Waals surface area contributed by atoms with E-state index >= 15 is 0 Å². The minimum absolute atomic E-state index is 0. The third-order valence-electron chi connectivity index (χ3n) is 3.99. The van der Waals surface area contributed by atoms with Crippen LogP contribution in [0.1, 0.15) is 22.1 Å². The molecule has 12 heteroatoms. The Balaban J connectivity index is -0.000000493. The number of aldehydes is 2. The van der Waals surface area contributed by atoms with Crippen molar-refractivity contribution in [2.75, 3.05) is 0 Å². The Bertz CT molecular complexity index is 1230. The fourth-order valence-electron chi connectivity index (χ4n) is 2.31. The van der Waals surface area contributed by atoms with E-state index in [1.165, 1.54) is 12.1 Å². The Labute approximate surface area is 321 Å². The van der Waals surface area contributed by atoms with Gasteiger partial charge >= 0.3 is 103 Å². The Morgan fingerprint density at radius 3 is 1.56 bits per heavy atom. The molecule has 0 radical (unpaired) electrons. The second-order valence-corrected chi connectivity index (χ2v) is 7.39. The summed E-state index contributed by atoms with van der Waals surface area (Å²) in [6.45, 7) is -0.181. The molecule has 0 unspecified atom stereocenters. The molecule has 0 aromatic heterocycles. The van der Waals surface area contributed by atoms with Crippen molar-refractivity contribution in [3.05, 3.63) is 124 Å². The first-order chi connectivity index (χ1) is 17.8. The first-order valence-electron chi connectivity index (χ1n) is 10.2. The zero-order valence-electron chi connectivity index (χ0n) is 22.0. The van der Waals surface area contributed by atoms with E-state index in [9.17, 15) is 14.0 Å². The number of hydrogen-bond donors (Lipinski definition) is 1. The molecule has 0 amide bonds. The summed E-state index contributed by atoms with van der Waals surface area (Å²) < 4.78 is 17.9. The van der Waals surface area contributed by atoms with E-state index < -0.39 is 5.82 Å². The maximum atomic E-state index is 12.4. The smallest absolute Gasteiger partial charge is 1.00 e. The molecular formula is C27H21Cl2FK2O7. The summed E-state index contributed by atoms with van der Waals surface area (Å²) in [5.41, 5.74) is 0.634. The van der Waals surface area contributed by atoms with Crippen molar-refractivity contribution < 1.29 is 143 Å². The fourth-order valence-corrected chi connectivity index (χ4v) is 2.56. The molecule has 0 saturated heterocycles. The number of carbonyl (C=O) groups excluding carboxylic acids is 3. The minimum Gasteiger partial charge on any atom is -1.00 e. The van der Waals surface area contributed by atoms with Gasteiger partial charge in [-0.25, -0.2) is 4.39 Å². The molecule has 4 rings (SSSR count). The largest absolute Gasteiger partial charge is 1.00 e. The van der Waals surface area contributed by atoms with E-state index in [0.29, 0.717) is 33.4 Å². The number of aromatic hydroxyl groups is 1. The van der Waals surface area contributed by atoms with Gasteiger partial charge in [0.1, 0.15) is 23.1 Å². The van der Waals surface area contributed by atoms with Gasteiger partial charge in [0.2, 0.25) is 0 Å². The van der Waals surface area contributed by atoms with E-state index in [-0.39, 0.29) is 122 Å². The van der Waals surface area contributed by atoms with Gasteiger partial charge in [-0.3, -0.25) is 14.4 Å². The van der Waals surface area contributed by atoms with E-state index in [0.717, 1.165) is 6.29 Å². The summed E-state index contributed by atoms with van der Waals surface area (Å²) in [6, 6.07) is 26.3. The number of rotatable bonds is 5. The molecule has 0 aliphatic carbocycles. The molecule has 0 spiro atoms. The number of phenols is 1. The zero-order valence-corrected chi connectivity index (χ0v) is 28.8. The molecule has 194 valence electrons. The van der Waals surface area contributed by atoms with Crippen LogP contribution in [0.5, 0.6) is 17.2 Å². The first-order valence-corrected chi connectivity index (χ1v) is 10.9. The van der Waals surface area contributed by atoms with Gasteiger partial charge in [0.25, 0.3) is 6.47 Å². The van der Waals surface area contributed by atoms with Crippen molar-refractivity contribution in [2.45, 2.75) is 0 Å². The molecule has 1 N–H and O–H groups in total. The van der Waals surface area contributed by atoms with Gasteiger partial charge in [-0.2, -0.15) is 0 Å². The summed E-state index contributed by atoms with van der Waals surface area (Å²) in [7, 11) is 0. The molecular weight excluding hydrogens is 604 g/mol. The summed E-state index contributed by atoms with van der Waals surface area (Å²) >= 11 is 11.3. The quantitative estimate of drug-likeness (QED) is 0.146. The fraction of sp³-hybridized carbons (Fsp3) is 0. The summed E-state index contributed by atoms with van der Waals surface area (Å²) in [5, 5.41) is 18.4. The monoisotopic (exact) mass is 624 g/mol. The third-order valence-corrected chi connectivity index (χ3v) is 4.49. The van der Waals surface area contributed by atoms with Crippen LogP contribution < -0.4 is 113 Å². The number of carbonyl (C=O) groups is 3. The molecule has 7 nitrogen and oxygen atoms in total. The molecule has 4 aromatic carbocycles. The molecule has 0 bridgehead atoms. The third kappa shape index (κ3) is 18.2. The van der Waals surface area contributed by atoms with Crippen LogP contribution in [0.4, 0.5) is 4.39 Å². The minimum atomic E-state index is -0.465. The molecule has 0 saturated carbocycles. The molecule has 0 aliphatic rings. The van der Waals surface area contributed by atoms with Gasteiger partial charge in [-0.1, -0.05) is 47.5 Å². The van der Waals surface area contributed by atoms with E-state index in [4.69, 9.17) is 43.1 Å². The molecule has 0 heterocycles. The predicted molar refractivity (Wildman–Crippen MR) is 137 cm³/mol. The standard InChI is InChI=1S/C13H9ClO2.C7H5FO.C6H5ClO.CH2O3.2K.H/c14-11-5-7-12(8-6-11)16-13-4-2-1-3-10(13)9-15;8-7-4-2-1-3-6(7)5-9;7-5-1-3-6(8)4-2-5;2-1-4-3;;;/h1-9H;1-5H;1-4,8H;1,3H;;;/q;;;;2*+1;-1/p-1. The van der Waals surface area contributed by atoms with Gasteiger partial charge in [-0.15, -0.1) is 0 Å². The summed E-state index contributed by atoms with van der Waals surface area (Å²) in [5.74, 6) is 0.973. The summed E-state index contributed by atoms with van der Waals surface area (Å²) in [4.78, 5) is 32.0. The van der Waals surface area contributed by atoms with Crippen molar-refractivity contribution in [1.82, 2.24) is 0 Å². The van der Waals surface area contributed by atoms with E-state index in [1.54, 1.807) is 78.9 Å².